The van der Waals surface area contributed by atoms with E-state index in [1.807, 2.05) is 0 Å². The van der Waals surface area contributed by atoms with Crippen LogP contribution in [0.3, 0.4) is 0 Å². The third-order valence-electron chi connectivity index (χ3n) is 3.63. The van der Waals surface area contributed by atoms with E-state index in [1.165, 1.54) is 38.6 Å². The van der Waals surface area contributed by atoms with Crippen molar-refractivity contribution < 1.29 is 4.74 Å². The van der Waals surface area contributed by atoms with Gasteiger partial charge < -0.3 is 10.5 Å². The summed E-state index contributed by atoms with van der Waals surface area (Å²) in [5.41, 5.74) is 5.85. The molecule has 0 radical (unpaired) electrons. The molecule has 0 aliphatic carbocycles. The van der Waals surface area contributed by atoms with Crippen molar-refractivity contribution in [1.82, 2.24) is 4.90 Å². The largest absolute Gasteiger partial charge is 0.380 e. The average molecular weight is 242 g/mol. The van der Waals surface area contributed by atoms with Crippen LogP contribution in [0, 0.1) is 5.92 Å². The maximum Gasteiger partial charge on any atom is 0.0593 e. The van der Waals surface area contributed by atoms with Gasteiger partial charge in [0.15, 0.2) is 0 Å². The predicted octanol–water partition coefficient (Wildman–Crippen LogP) is 2.25. The molecule has 1 heterocycles. The molecule has 1 aliphatic heterocycles. The molecule has 17 heavy (non-hydrogen) atoms. The van der Waals surface area contributed by atoms with Crippen LogP contribution < -0.4 is 5.73 Å². The van der Waals surface area contributed by atoms with E-state index < -0.39 is 0 Å². The van der Waals surface area contributed by atoms with Crippen LogP contribution in [0.5, 0.6) is 0 Å². The number of hydrogen-bond acceptors (Lipinski definition) is 3. The first-order valence-corrected chi connectivity index (χ1v) is 7.26. The molecule has 0 aromatic carbocycles. The maximum absolute atomic E-state index is 5.85. The highest BCUT2D eigenvalue weighted by molar-refractivity contribution is 4.75. The summed E-state index contributed by atoms with van der Waals surface area (Å²) in [4.78, 5) is 2.53. The van der Waals surface area contributed by atoms with Crippen LogP contribution in [0.15, 0.2) is 0 Å². The number of nitrogens with zero attached hydrogens (tertiary/aromatic N) is 1. The second-order valence-electron chi connectivity index (χ2n) is 5.57. The number of nitrogens with two attached hydrogens (primary N) is 1. The summed E-state index contributed by atoms with van der Waals surface area (Å²) >= 11 is 0. The van der Waals surface area contributed by atoms with Crippen molar-refractivity contribution in [2.45, 2.75) is 52.0 Å². The minimum Gasteiger partial charge on any atom is -0.380 e. The van der Waals surface area contributed by atoms with Gasteiger partial charge in [-0.2, -0.15) is 0 Å². The second-order valence-corrected chi connectivity index (χ2v) is 5.57. The number of hydrogen-bond donors (Lipinski definition) is 1. The quantitative estimate of drug-likeness (QED) is 0.696. The van der Waals surface area contributed by atoms with Crippen LogP contribution in [0.4, 0.5) is 0 Å². The summed E-state index contributed by atoms with van der Waals surface area (Å²) < 4.78 is 5.70. The van der Waals surface area contributed by atoms with Crippen molar-refractivity contribution in [3.63, 3.8) is 0 Å². The molecular weight excluding hydrogens is 212 g/mol. The Hall–Kier alpha value is -0.120. The molecule has 0 aromatic heterocycles. The average Bonchev–Trinajstić information content (AvgIpc) is 2.53. The van der Waals surface area contributed by atoms with Crippen molar-refractivity contribution in [2.75, 3.05) is 32.8 Å². The molecule has 1 rings (SSSR count). The summed E-state index contributed by atoms with van der Waals surface area (Å²) in [7, 11) is 0. The molecule has 0 aromatic rings. The van der Waals surface area contributed by atoms with E-state index in [2.05, 4.69) is 18.7 Å². The van der Waals surface area contributed by atoms with Gasteiger partial charge in [0.05, 0.1) is 6.61 Å². The summed E-state index contributed by atoms with van der Waals surface area (Å²) in [5.74, 6) is 0.741. The smallest absolute Gasteiger partial charge is 0.0593 e. The van der Waals surface area contributed by atoms with Crippen LogP contribution in [0.2, 0.25) is 0 Å². The Labute approximate surface area is 107 Å². The van der Waals surface area contributed by atoms with Crippen LogP contribution >= 0.6 is 0 Å². The highest BCUT2D eigenvalue weighted by Crippen LogP contribution is 2.15. The van der Waals surface area contributed by atoms with Crippen LogP contribution in [0.1, 0.15) is 46.0 Å². The Kier molecular flexibility index (Phi) is 7.82. The van der Waals surface area contributed by atoms with Crippen molar-refractivity contribution in [3.05, 3.63) is 0 Å². The maximum atomic E-state index is 5.85. The molecule has 0 saturated carbocycles. The first-order chi connectivity index (χ1) is 8.24. The summed E-state index contributed by atoms with van der Waals surface area (Å²) in [5, 5.41) is 0. The van der Waals surface area contributed by atoms with E-state index in [-0.39, 0.29) is 0 Å². The Morgan fingerprint density at radius 2 is 2.06 bits per heavy atom. The lowest BCUT2D eigenvalue weighted by Gasteiger charge is -2.28. The first-order valence-electron chi connectivity index (χ1n) is 7.26. The standard InChI is InChI=1S/C14H30N2O/c1-13(2)7-10-17-11-9-16-8-5-3-4-6-14(16)12-15/h13-14H,3-12,15H2,1-2H3. The lowest BCUT2D eigenvalue weighted by atomic mass is 10.1. The third-order valence-corrected chi connectivity index (χ3v) is 3.63. The van der Waals surface area contributed by atoms with Crippen molar-refractivity contribution in [3.8, 4) is 0 Å². The van der Waals surface area contributed by atoms with Crippen LogP contribution in [-0.4, -0.2) is 43.8 Å². The molecule has 1 aliphatic rings. The van der Waals surface area contributed by atoms with Gasteiger partial charge in [0.2, 0.25) is 0 Å². The van der Waals surface area contributed by atoms with Crippen molar-refractivity contribution in [1.29, 1.82) is 0 Å². The molecule has 1 unspecified atom stereocenters. The molecule has 0 bridgehead atoms. The zero-order chi connectivity index (χ0) is 12.5. The van der Waals surface area contributed by atoms with Gasteiger partial charge in [-0.3, -0.25) is 4.90 Å². The third kappa shape index (κ3) is 6.39. The van der Waals surface area contributed by atoms with E-state index in [0.717, 1.165) is 32.2 Å². The van der Waals surface area contributed by atoms with E-state index in [0.29, 0.717) is 6.04 Å². The van der Waals surface area contributed by atoms with Gasteiger partial charge in [0.25, 0.3) is 0 Å². The number of rotatable bonds is 7. The second kappa shape index (κ2) is 8.90. The SMILES string of the molecule is CC(C)CCOCCN1CCCCCC1CN. The molecule has 1 fully saturated rings. The molecule has 2 N–H and O–H groups in total. The minimum absolute atomic E-state index is 0.589. The van der Waals surface area contributed by atoms with E-state index in [4.69, 9.17) is 10.5 Å². The van der Waals surface area contributed by atoms with Gasteiger partial charge in [-0.1, -0.05) is 26.7 Å². The van der Waals surface area contributed by atoms with Gasteiger partial charge in [-0.15, -0.1) is 0 Å². The van der Waals surface area contributed by atoms with Crippen molar-refractivity contribution >= 4 is 0 Å². The van der Waals surface area contributed by atoms with Gasteiger partial charge >= 0.3 is 0 Å². The van der Waals surface area contributed by atoms with Gasteiger partial charge in [0.1, 0.15) is 0 Å². The Bertz CT molecular complexity index is 185. The van der Waals surface area contributed by atoms with E-state index in [1.54, 1.807) is 0 Å². The fourth-order valence-corrected chi connectivity index (χ4v) is 2.40. The zero-order valence-electron chi connectivity index (χ0n) is 11.7. The molecule has 1 saturated heterocycles. The Morgan fingerprint density at radius 3 is 2.76 bits per heavy atom. The molecular formula is C14H30N2O. The Morgan fingerprint density at radius 1 is 1.24 bits per heavy atom. The lowest BCUT2D eigenvalue weighted by molar-refractivity contribution is 0.0829. The normalized spacial score (nSPS) is 22.9. The molecule has 1 atom stereocenters. The highest BCUT2D eigenvalue weighted by Gasteiger charge is 2.18. The molecule has 102 valence electrons. The zero-order valence-corrected chi connectivity index (χ0v) is 11.7. The highest BCUT2D eigenvalue weighted by atomic mass is 16.5. The van der Waals surface area contributed by atoms with Gasteiger partial charge in [-0.05, 0) is 31.7 Å². The van der Waals surface area contributed by atoms with Crippen LogP contribution in [0.25, 0.3) is 0 Å². The number of ether oxygens (including phenoxy) is 1. The van der Waals surface area contributed by atoms with Crippen LogP contribution in [-0.2, 0) is 4.74 Å². The minimum atomic E-state index is 0.589. The predicted molar refractivity (Wildman–Crippen MR) is 73.2 cm³/mol. The fraction of sp³-hybridized carbons (Fsp3) is 1.00. The summed E-state index contributed by atoms with van der Waals surface area (Å²) in [6.07, 6.45) is 6.46. The Balaban J connectivity index is 2.14. The lowest BCUT2D eigenvalue weighted by Crippen LogP contribution is -2.42. The molecule has 0 amide bonds. The van der Waals surface area contributed by atoms with Crippen molar-refractivity contribution in [2.24, 2.45) is 11.7 Å². The molecule has 3 heteroatoms. The van der Waals surface area contributed by atoms with Gasteiger partial charge in [0, 0.05) is 25.7 Å². The van der Waals surface area contributed by atoms with Gasteiger partial charge in [-0.25, -0.2) is 0 Å². The first kappa shape index (κ1) is 14.9. The summed E-state index contributed by atoms with van der Waals surface area (Å²) in [6.45, 7) is 9.30. The van der Waals surface area contributed by atoms with E-state index >= 15 is 0 Å². The molecule has 3 nitrogen and oxygen atoms in total. The fourth-order valence-electron chi connectivity index (χ4n) is 2.40. The number of likely N-dealkylation sites (tertiary alicyclic amines) is 1. The van der Waals surface area contributed by atoms with E-state index in [9.17, 15) is 0 Å². The molecule has 0 spiro atoms. The monoisotopic (exact) mass is 242 g/mol. The topological polar surface area (TPSA) is 38.5 Å². The summed E-state index contributed by atoms with van der Waals surface area (Å²) in [6, 6.07) is 0.589.